The van der Waals surface area contributed by atoms with Crippen LogP contribution in [-0.2, 0) is 9.53 Å². The molecule has 1 saturated carbocycles. The number of rotatable bonds is 11. The molecule has 2 atom stereocenters. The number of benzene rings is 1. The van der Waals surface area contributed by atoms with E-state index in [4.69, 9.17) is 4.74 Å². The summed E-state index contributed by atoms with van der Waals surface area (Å²) in [7, 11) is 0. The fourth-order valence-corrected chi connectivity index (χ4v) is 5.35. The van der Waals surface area contributed by atoms with E-state index in [-0.39, 0.29) is 18.0 Å². The Hall–Kier alpha value is -1.31. The summed E-state index contributed by atoms with van der Waals surface area (Å²) in [6.07, 6.45) is 17.9. The van der Waals surface area contributed by atoms with Crippen molar-refractivity contribution in [2.24, 2.45) is 11.8 Å². The second kappa shape index (κ2) is 11.8. The average Bonchev–Trinajstić information content (AvgIpc) is 3.13. The van der Waals surface area contributed by atoms with Gasteiger partial charge in [-0.2, -0.15) is 0 Å². The molecule has 0 N–H and O–H groups in total. The Bertz CT molecular complexity index is 597. The summed E-state index contributed by atoms with van der Waals surface area (Å²) in [5, 5.41) is 0. The molecule has 2 heteroatoms. The SMILES string of the molecule is CCCCCCC1CCC(c2ccc(C3CC(CCCCC)C(=O)O3)cc2)CC1. The van der Waals surface area contributed by atoms with Crippen LogP contribution in [0.3, 0.4) is 0 Å². The first-order valence-corrected chi connectivity index (χ1v) is 12.5. The molecule has 1 heterocycles. The van der Waals surface area contributed by atoms with Crippen molar-refractivity contribution >= 4 is 5.97 Å². The molecule has 2 nitrogen and oxygen atoms in total. The maximum Gasteiger partial charge on any atom is 0.309 e. The number of ether oxygens (including phenoxy) is 1. The lowest BCUT2D eigenvalue weighted by atomic mass is 9.77. The number of hydrogen-bond acceptors (Lipinski definition) is 2. The van der Waals surface area contributed by atoms with Crippen LogP contribution in [0.25, 0.3) is 0 Å². The van der Waals surface area contributed by atoms with Gasteiger partial charge in [-0.3, -0.25) is 4.79 Å². The molecule has 2 fully saturated rings. The molecule has 1 saturated heterocycles. The van der Waals surface area contributed by atoms with Crippen LogP contribution in [0, 0.1) is 11.8 Å². The number of carbonyl (C=O) groups excluding carboxylic acids is 1. The van der Waals surface area contributed by atoms with Crippen LogP contribution in [0.15, 0.2) is 24.3 Å². The van der Waals surface area contributed by atoms with Crippen LogP contribution in [0.5, 0.6) is 0 Å². The number of unbranched alkanes of at least 4 members (excludes halogenated alkanes) is 5. The molecule has 0 bridgehead atoms. The number of hydrogen-bond donors (Lipinski definition) is 0. The minimum Gasteiger partial charge on any atom is -0.457 e. The minimum absolute atomic E-state index is 0.0208. The zero-order valence-electron chi connectivity index (χ0n) is 18.8. The maximum atomic E-state index is 12.2. The Morgan fingerprint density at radius 2 is 1.41 bits per heavy atom. The molecule has 1 aromatic carbocycles. The zero-order valence-corrected chi connectivity index (χ0v) is 18.8. The van der Waals surface area contributed by atoms with Crippen LogP contribution >= 0.6 is 0 Å². The van der Waals surface area contributed by atoms with E-state index in [1.54, 1.807) is 0 Å². The third-order valence-corrected chi connectivity index (χ3v) is 7.34. The Morgan fingerprint density at radius 3 is 2.10 bits per heavy atom. The standard InChI is InChI=1S/C27H42O2/c1-3-5-7-9-10-21-12-14-22(15-13-21)23-16-18-24(19-17-23)26-20-25(27(28)29-26)11-8-6-4-2/h16-19,21-22,25-26H,3-15,20H2,1-2H3. The summed E-state index contributed by atoms with van der Waals surface area (Å²) in [5.41, 5.74) is 2.67. The number of cyclic esters (lactones) is 1. The highest BCUT2D eigenvalue weighted by atomic mass is 16.5. The van der Waals surface area contributed by atoms with Crippen molar-refractivity contribution < 1.29 is 9.53 Å². The second-order valence-electron chi connectivity index (χ2n) is 9.59. The van der Waals surface area contributed by atoms with Crippen LogP contribution in [0.4, 0.5) is 0 Å². The van der Waals surface area contributed by atoms with Gasteiger partial charge in [0, 0.05) is 6.42 Å². The molecule has 3 rings (SSSR count). The number of esters is 1. The second-order valence-corrected chi connectivity index (χ2v) is 9.59. The van der Waals surface area contributed by atoms with Crippen molar-refractivity contribution in [2.75, 3.05) is 0 Å². The normalized spacial score (nSPS) is 27.2. The van der Waals surface area contributed by atoms with E-state index in [0.717, 1.165) is 31.1 Å². The van der Waals surface area contributed by atoms with Crippen molar-refractivity contribution in [2.45, 2.75) is 116 Å². The van der Waals surface area contributed by atoms with E-state index in [9.17, 15) is 4.79 Å². The van der Waals surface area contributed by atoms with E-state index in [1.807, 2.05) is 0 Å². The van der Waals surface area contributed by atoms with Crippen LogP contribution in [0.1, 0.15) is 127 Å². The highest BCUT2D eigenvalue weighted by Gasteiger charge is 2.34. The van der Waals surface area contributed by atoms with E-state index in [2.05, 4.69) is 38.1 Å². The van der Waals surface area contributed by atoms with Gasteiger partial charge < -0.3 is 4.74 Å². The van der Waals surface area contributed by atoms with Crippen LogP contribution in [0.2, 0.25) is 0 Å². The van der Waals surface area contributed by atoms with Gasteiger partial charge in [-0.25, -0.2) is 0 Å². The summed E-state index contributed by atoms with van der Waals surface area (Å²) in [4.78, 5) is 12.2. The molecule has 0 radical (unpaired) electrons. The predicted octanol–water partition coefficient (Wildman–Crippen LogP) is 8.12. The zero-order chi connectivity index (χ0) is 20.5. The van der Waals surface area contributed by atoms with Gasteiger partial charge in [0.1, 0.15) is 6.10 Å². The van der Waals surface area contributed by atoms with Crippen LogP contribution in [-0.4, -0.2) is 5.97 Å². The molecular weight excluding hydrogens is 356 g/mol. The Morgan fingerprint density at radius 1 is 0.793 bits per heavy atom. The molecule has 2 aliphatic rings. The number of carbonyl (C=O) groups is 1. The monoisotopic (exact) mass is 398 g/mol. The first-order chi connectivity index (χ1) is 14.2. The van der Waals surface area contributed by atoms with Crippen molar-refractivity contribution in [1.29, 1.82) is 0 Å². The smallest absolute Gasteiger partial charge is 0.309 e. The fourth-order valence-electron chi connectivity index (χ4n) is 5.35. The topological polar surface area (TPSA) is 26.3 Å². The molecule has 1 aliphatic carbocycles. The Balaban J connectivity index is 1.44. The van der Waals surface area contributed by atoms with E-state index < -0.39 is 0 Å². The summed E-state index contributed by atoms with van der Waals surface area (Å²) in [6, 6.07) is 9.05. The summed E-state index contributed by atoms with van der Waals surface area (Å²) in [6.45, 7) is 4.50. The molecule has 0 aromatic heterocycles. The molecular formula is C27H42O2. The quantitative estimate of drug-likeness (QED) is 0.278. The van der Waals surface area contributed by atoms with Gasteiger partial charge in [0.15, 0.2) is 0 Å². The van der Waals surface area contributed by atoms with Gasteiger partial charge in [0.05, 0.1) is 5.92 Å². The molecule has 0 spiro atoms. The van der Waals surface area contributed by atoms with Crippen molar-refractivity contribution in [3.05, 3.63) is 35.4 Å². The third kappa shape index (κ3) is 6.59. The lowest BCUT2D eigenvalue weighted by Crippen LogP contribution is -2.13. The summed E-state index contributed by atoms with van der Waals surface area (Å²) < 4.78 is 5.71. The largest absolute Gasteiger partial charge is 0.457 e. The van der Waals surface area contributed by atoms with Crippen molar-refractivity contribution in [3.8, 4) is 0 Å². The van der Waals surface area contributed by atoms with Gasteiger partial charge in [-0.1, -0.05) is 89.5 Å². The summed E-state index contributed by atoms with van der Waals surface area (Å²) >= 11 is 0. The van der Waals surface area contributed by atoms with Gasteiger partial charge in [0.2, 0.25) is 0 Å². The van der Waals surface area contributed by atoms with Crippen LogP contribution < -0.4 is 0 Å². The highest BCUT2D eigenvalue weighted by molar-refractivity contribution is 5.74. The van der Waals surface area contributed by atoms with E-state index in [1.165, 1.54) is 81.8 Å². The minimum atomic E-state index is -0.0259. The maximum absolute atomic E-state index is 12.2. The highest BCUT2D eigenvalue weighted by Crippen LogP contribution is 2.40. The predicted molar refractivity (Wildman–Crippen MR) is 121 cm³/mol. The fraction of sp³-hybridized carbons (Fsp3) is 0.741. The van der Waals surface area contributed by atoms with Crippen molar-refractivity contribution in [1.82, 2.24) is 0 Å². The van der Waals surface area contributed by atoms with Crippen molar-refractivity contribution in [3.63, 3.8) is 0 Å². The lowest BCUT2D eigenvalue weighted by Gasteiger charge is -2.29. The molecule has 1 aromatic rings. The first-order valence-electron chi connectivity index (χ1n) is 12.5. The summed E-state index contributed by atoms with van der Waals surface area (Å²) in [5.74, 6) is 1.82. The molecule has 162 valence electrons. The van der Waals surface area contributed by atoms with Gasteiger partial charge >= 0.3 is 5.97 Å². The molecule has 0 amide bonds. The Kier molecular flexibility index (Phi) is 9.08. The third-order valence-electron chi connectivity index (χ3n) is 7.34. The average molecular weight is 399 g/mol. The van der Waals surface area contributed by atoms with Gasteiger partial charge in [-0.15, -0.1) is 0 Å². The molecule has 2 unspecified atom stereocenters. The molecule has 1 aliphatic heterocycles. The Labute approximate surface area is 178 Å². The van der Waals surface area contributed by atoms with E-state index >= 15 is 0 Å². The lowest BCUT2D eigenvalue weighted by molar-refractivity contribution is -0.144. The van der Waals surface area contributed by atoms with Gasteiger partial charge in [-0.05, 0) is 55.1 Å². The molecule has 29 heavy (non-hydrogen) atoms. The van der Waals surface area contributed by atoms with Gasteiger partial charge in [0.25, 0.3) is 0 Å². The first kappa shape index (κ1) is 22.4. The van der Waals surface area contributed by atoms with E-state index in [0.29, 0.717) is 0 Å².